The van der Waals surface area contributed by atoms with E-state index in [1.165, 1.54) is 18.1 Å². The number of ether oxygens (including phenoxy) is 1. The van der Waals surface area contributed by atoms with Crippen molar-refractivity contribution in [2.24, 2.45) is 17.8 Å². The summed E-state index contributed by atoms with van der Waals surface area (Å²) in [4.78, 5) is 11.4. The predicted molar refractivity (Wildman–Crippen MR) is 110 cm³/mol. The van der Waals surface area contributed by atoms with E-state index in [2.05, 4.69) is 39.0 Å². The third kappa shape index (κ3) is 8.89. The second kappa shape index (κ2) is 12.9. The van der Waals surface area contributed by atoms with Crippen molar-refractivity contribution in [1.29, 1.82) is 0 Å². The van der Waals surface area contributed by atoms with Crippen molar-refractivity contribution in [3.8, 4) is 0 Å². The van der Waals surface area contributed by atoms with Gasteiger partial charge in [-0.15, -0.1) is 0 Å². The fraction of sp³-hybridized carbons (Fsp3) is 0.696. The van der Waals surface area contributed by atoms with E-state index < -0.39 is 0 Å². The van der Waals surface area contributed by atoms with E-state index in [1.54, 1.807) is 0 Å². The topological polar surface area (TPSA) is 66.8 Å². The van der Waals surface area contributed by atoms with Gasteiger partial charge in [0, 0.05) is 13.5 Å². The summed E-state index contributed by atoms with van der Waals surface area (Å²) in [6.45, 7) is 8.31. The van der Waals surface area contributed by atoms with Crippen LogP contribution >= 0.6 is 0 Å². The van der Waals surface area contributed by atoms with Crippen LogP contribution in [0.1, 0.15) is 66.2 Å². The number of carbonyl (C=O) groups is 1. The van der Waals surface area contributed by atoms with E-state index in [-0.39, 0.29) is 36.9 Å². The van der Waals surface area contributed by atoms with Gasteiger partial charge >= 0.3 is 5.97 Å². The van der Waals surface area contributed by atoms with Crippen molar-refractivity contribution in [3.63, 3.8) is 0 Å². The third-order valence-corrected chi connectivity index (χ3v) is 5.53. The SMILES string of the molecule is CC(=O)OC[C@H](CCC=C(C)C)[C@@H]1CCC(C)=CCC=C(CO)C1CCO. The maximum absolute atomic E-state index is 11.4. The Hall–Kier alpha value is -1.39. The number of aliphatic hydroxyl groups excluding tert-OH is 2. The second-order valence-electron chi connectivity index (χ2n) is 7.97. The zero-order chi connectivity index (χ0) is 20.2. The Balaban J connectivity index is 3.15. The number of hydrogen-bond acceptors (Lipinski definition) is 4. The average Bonchev–Trinajstić information content (AvgIpc) is 2.68. The van der Waals surface area contributed by atoms with Crippen molar-refractivity contribution < 1.29 is 19.7 Å². The molecule has 0 fully saturated rings. The summed E-state index contributed by atoms with van der Waals surface area (Å²) in [6, 6.07) is 0. The molecule has 4 heteroatoms. The molecule has 154 valence electrons. The molecule has 0 aliphatic heterocycles. The summed E-state index contributed by atoms with van der Waals surface area (Å²) in [5, 5.41) is 19.6. The summed E-state index contributed by atoms with van der Waals surface area (Å²) >= 11 is 0. The van der Waals surface area contributed by atoms with Crippen molar-refractivity contribution in [1.82, 2.24) is 0 Å². The van der Waals surface area contributed by atoms with Crippen molar-refractivity contribution in [3.05, 3.63) is 34.9 Å². The molecule has 1 unspecified atom stereocenters. The first-order chi connectivity index (χ1) is 12.9. The van der Waals surface area contributed by atoms with Crippen LogP contribution in [0.15, 0.2) is 34.9 Å². The van der Waals surface area contributed by atoms with E-state index in [0.717, 1.165) is 37.7 Å². The predicted octanol–water partition coefficient (Wildman–Crippen LogP) is 4.58. The minimum atomic E-state index is -0.252. The molecule has 0 spiro atoms. The van der Waals surface area contributed by atoms with Crippen LogP contribution < -0.4 is 0 Å². The van der Waals surface area contributed by atoms with Crippen molar-refractivity contribution in [2.75, 3.05) is 19.8 Å². The van der Waals surface area contributed by atoms with Gasteiger partial charge in [0.25, 0.3) is 0 Å². The Kier molecular flexibility index (Phi) is 11.3. The Labute approximate surface area is 165 Å². The van der Waals surface area contributed by atoms with Crippen LogP contribution in [0.25, 0.3) is 0 Å². The Morgan fingerprint density at radius 3 is 2.63 bits per heavy atom. The number of rotatable bonds is 9. The summed E-state index contributed by atoms with van der Waals surface area (Å²) in [7, 11) is 0. The molecular formula is C23H38O4. The van der Waals surface area contributed by atoms with Crippen molar-refractivity contribution >= 4 is 5.97 Å². The molecule has 0 aromatic carbocycles. The lowest BCUT2D eigenvalue weighted by Gasteiger charge is -2.35. The van der Waals surface area contributed by atoms with Gasteiger partial charge in [-0.1, -0.05) is 29.4 Å². The number of aliphatic hydroxyl groups is 2. The monoisotopic (exact) mass is 378 g/mol. The molecule has 0 saturated carbocycles. The fourth-order valence-electron chi connectivity index (χ4n) is 4.05. The van der Waals surface area contributed by atoms with Crippen LogP contribution in [0.4, 0.5) is 0 Å². The van der Waals surface area contributed by atoms with Gasteiger partial charge in [0.05, 0.1) is 13.2 Å². The zero-order valence-electron chi connectivity index (χ0n) is 17.5. The van der Waals surface area contributed by atoms with E-state index >= 15 is 0 Å². The maximum atomic E-state index is 11.4. The van der Waals surface area contributed by atoms with Gasteiger partial charge in [0.1, 0.15) is 0 Å². The van der Waals surface area contributed by atoms with Gasteiger partial charge in [0.15, 0.2) is 0 Å². The first-order valence-corrected chi connectivity index (χ1v) is 10.2. The molecule has 0 heterocycles. The van der Waals surface area contributed by atoms with Crippen molar-refractivity contribution in [2.45, 2.75) is 66.2 Å². The number of allylic oxidation sites excluding steroid dienone is 5. The molecule has 0 radical (unpaired) electrons. The minimum Gasteiger partial charge on any atom is -0.466 e. The molecule has 1 aliphatic rings. The van der Waals surface area contributed by atoms with E-state index in [1.807, 2.05) is 0 Å². The number of hydrogen-bond donors (Lipinski definition) is 2. The standard InChI is InChI=1S/C23H38O4/c1-17(2)7-5-10-21(16-27-19(4)26)22-12-11-18(3)8-6-9-20(15-25)23(22)13-14-24/h7-9,21-25H,5-6,10-16H2,1-4H3/t21-,22-,23?/m0/s1. The summed E-state index contributed by atoms with van der Waals surface area (Å²) < 4.78 is 5.42. The normalized spacial score (nSPS) is 21.9. The molecule has 1 aliphatic carbocycles. The zero-order valence-corrected chi connectivity index (χ0v) is 17.5. The number of carbonyl (C=O) groups excluding carboxylic acids is 1. The Morgan fingerprint density at radius 1 is 1.30 bits per heavy atom. The quantitative estimate of drug-likeness (QED) is 0.455. The van der Waals surface area contributed by atoms with Crippen LogP contribution in [-0.4, -0.2) is 36.0 Å². The smallest absolute Gasteiger partial charge is 0.302 e. The van der Waals surface area contributed by atoms with Crippen LogP contribution in [-0.2, 0) is 9.53 Å². The van der Waals surface area contributed by atoms with Gasteiger partial charge in [-0.3, -0.25) is 4.79 Å². The van der Waals surface area contributed by atoms with Crippen LogP contribution in [0.2, 0.25) is 0 Å². The molecule has 0 aromatic rings. The summed E-state index contributed by atoms with van der Waals surface area (Å²) in [5.41, 5.74) is 3.65. The second-order valence-corrected chi connectivity index (χ2v) is 7.97. The Morgan fingerprint density at radius 2 is 2.04 bits per heavy atom. The lowest BCUT2D eigenvalue weighted by atomic mass is 9.72. The first-order valence-electron chi connectivity index (χ1n) is 10.2. The fourth-order valence-corrected chi connectivity index (χ4v) is 4.05. The molecule has 0 amide bonds. The summed E-state index contributed by atoms with van der Waals surface area (Å²) in [6.07, 6.45) is 11.9. The lowest BCUT2D eigenvalue weighted by Crippen LogP contribution is -2.31. The van der Waals surface area contributed by atoms with Gasteiger partial charge in [-0.25, -0.2) is 0 Å². The average molecular weight is 379 g/mol. The molecule has 0 bridgehead atoms. The van der Waals surface area contributed by atoms with Gasteiger partial charge in [-0.05, 0) is 82.6 Å². The highest BCUT2D eigenvalue weighted by Gasteiger charge is 2.32. The molecule has 0 saturated heterocycles. The van der Waals surface area contributed by atoms with Crippen LogP contribution in [0.5, 0.6) is 0 Å². The summed E-state index contributed by atoms with van der Waals surface area (Å²) in [5.74, 6) is 0.341. The van der Waals surface area contributed by atoms with Gasteiger partial charge in [0.2, 0.25) is 0 Å². The van der Waals surface area contributed by atoms with E-state index in [4.69, 9.17) is 4.74 Å². The number of esters is 1. The van der Waals surface area contributed by atoms with E-state index in [0.29, 0.717) is 13.0 Å². The van der Waals surface area contributed by atoms with Crippen LogP contribution in [0.3, 0.4) is 0 Å². The van der Waals surface area contributed by atoms with Crippen LogP contribution in [0, 0.1) is 17.8 Å². The molecule has 2 N–H and O–H groups in total. The highest BCUT2D eigenvalue weighted by atomic mass is 16.5. The van der Waals surface area contributed by atoms with E-state index in [9.17, 15) is 15.0 Å². The molecule has 27 heavy (non-hydrogen) atoms. The highest BCUT2D eigenvalue weighted by molar-refractivity contribution is 5.65. The maximum Gasteiger partial charge on any atom is 0.302 e. The Bertz CT molecular complexity index is 541. The third-order valence-electron chi connectivity index (χ3n) is 5.53. The minimum absolute atomic E-state index is 0.0162. The van der Waals surface area contributed by atoms with Gasteiger partial charge in [-0.2, -0.15) is 0 Å². The molecule has 1 rings (SSSR count). The highest BCUT2D eigenvalue weighted by Crippen LogP contribution is 2.38. The molecule has 3 atom stereocenters. The lowest BCUT2D eigenvalue weighted by molar-refractivity contribution is -0.143. The first kappa shape index (κ1) is 23.6. The largest absolute Gasteiger partial charge is 0.466 e. The van der Waals surface area contributed by atoms with Gasteiger partial charge < -0.3 is 14.9 Å². The molecular weight excluding hydrogens is 340 g/mol. The molecule has 4 nitrogen and oxygen atoms in total. The molecule has 0 aromatic heterocycles.